The van der Waals surface area contributed by atoms with Gasteiger partial charge in [0.25, 0.3) is 0 Å². The lowest BCUT2D eigenvalue weighted by atomic mass is 10.1. The number of rotatable bonds is 2. The van der Waals surface area contributed by atoms with Gasteiger partial charge >= 0.3 is 11.8 Å². The van der Waals surface area contributed by atoms with Gasteiger partial charge in [0.05, 0.1) is 0 Å². The van der Waals surface area contributed by atoms with Crippen LogP contribution >= 0.6 is 0 Å². The fourth-order valence-electron chi connectivity index (χ4n) is 0.643. The Labute approximate surface area is 78.4 Å². The molecule has 0 atom stereocenters. The highest BCUT2D eigenvalue weighted by atomic mass is 16.2. The average molecular weight is 184 g/mol. The second-order valence-corrected chi connectivity index (χ2v) is 3.70. The zero-order valence-electron chi connectivity index (χ0n) is 8.31. The lowest BCUT2D eigenvalue weighted by Crippen LogP contribution is -2.48. The summed E-state index contributed by atoms with van der Waals surface area (Å²) in [5, 5.41) is 4.93. The predicted octanol–water partition coefficient (Wildman–Crippen LogP) is 0.203. The molecule has 2 amide bonds. The third-order valence-corrected chi connectivity index (χ3v) is 1.10. The molecule has 4 nitrogen and oxygen atoms in total. The van der Waals surface area contributed by atoms with Crippen molar-refractivity contribution < 1.29 is 9.59 Å². The maximum absolute atomic E-state index is 11.1. The van der Waals surface area contributed by atoms with E-state index in [1.807, 2.05) is 20.8 Å². The molecule has 0 saturated carbocycles. The van der Waals surface area contributed by atoms with E-state index in [-0.39, 0.29) is 5.54 Å². The van der Waals surface area contributed by atoms with Gasteiger partial charge in [-0.2, -0.15) is 0 Å². The van der Waals surface area contributed by atoms with Crippen molar-refractivity contribution >= 4 is 11.8 Å². The van der Waals surface area contributed by atoms with Gasteiger partial charge in [0.1, 0.15) is 0 Å². The minimum atomic E-state index is -0.630. The van der Waals surface area contributed by atoms with Gasteiger partial charge in [-0.05, 0) is 20.8 Å². The second-order valence-electron chi connectivity index (χ2n) is 3.70. The van der Waals surface area contributed by atoms with Crippen LogP contribution in [0.25, 0.3) is 0 Å². The second kappa shape index (κ2) is 4.64. The zero-order valence-corrected chi connectivity index (χ0v) is 8.31. The van der Waals surface area contributed by atoms with Crippen LogP contribution < -0.4 is 10.6 Å². The maximum atomic E-state index is 11.1. The Morgan fingerprint density at radius 2 is 1.85 bits per heavy atom. The van der Waals surface area contributed by atoms with Crippen molar-refractivity contribution in [2.45, 2.75) is 26.3 Å². The van der Waals surface area contributed by atoms with Crippen LogP contribution in [0.1, 0.15) is 20.8 Å². The van der Waals surface area contributed by atoms with Gasteiger partial charge in [0.2, 0.25) is 0 Å². The van der Waals surface area contributed by atoms with E-state index >= 15 is 0 Å². The molecule has 0 rings (SSSR count). The van der Waals surface area contributed by atoms with Gasteiger partial charge in [0, 0.05) is 12.1 Å². The first-order chi connectivity index (χ1) is 5.87. The number of nitrogens with one attached hydrogen (secondary N) is 2. The predicted molar refractivity (Wildman–Crippen MR) is 51.1 cm³/mol. The third kappa shape index (κ3) is 5.90. The highest BCUT2D eigenvalue weighted by Gasteiger charge is 2.18. The van der Waals surface area contributed by atoms with E-state index in [2.05, 4.69) is 17.2 Å². The molecule has 74 valence electrons. The van der Waals surface area contributed by atoms with E-state index in [0.29, 0.717) is 6.54 Å². The Balaban J connectivity index is 3.97. The standard InChI is InChI=1S/C9H16N2O2/c1-5-6-10-7(12)8(13)11-9(2,3)4/h5H,1,6H2,2-4H3,(H,10,12)(H,11,13). The Morgan fingerprint density at radius 1 is 1.31 bits per heavy atom. The molecule has 0 aromatic carbocycles. The van der Waals surface area contributed by atoms with Crippen LogP contribution in [-0.4, -0.2) is 23.9 Å². The summed E-state index contributed by atoms with van der Waals surface area (Å²) >= 11 is 0. The van der Waals surface area contributed by atoms with Gasteiger partial charge in [-0.1, -0.05) is 6.08 Å². The van der Waals surface area contributed by atoms with Crippen LogP contribution in [0.15, 0.2) is 12.7 Å². The smallest absolute Gasteiger partial charge is 0.309 e. The van der Waals surface area contributed by atoms with Crippen molar-refractivity contribution in [3.8, 4) is 0 Å². The summed E-state index contributed by atoms with van der Waals surface area (Å²) in [6, 6.07) is 0. The fourth-order valence-corrected chi connectivity index (χ4v) is 0.643. The van der Waals surface area contributed by atoms with Crippen LogP contribution in [0, 0.1) is 0 Å². The molecule has 0 saturated heterocycles. The van der Waals surface area contributed by atoms with E-state index in [1.54, 1.807) is 0 Å². The molecule has 0 unspecified atom stereocenters. The summed E-state index contributed by atoms with van der Waals surface area (Å²) < 4.78 is 0. The van der Waals surface area contributed by atoms with Crippen LogP contribution in [0.4, 0.5) is 0 Å². The lowest BCUT2D eigenvalue weighted by Gasteiger charge is -2.19. The quantitative estimate of drug-likeness (QED) is 0.476. The van der Waals surface area contributed by atoms with Crippen molar-refractivity contribution in [3.05, 3.63) is 12.7 Å². The molecule has 0 aromatic rings. The summed E-state index contributed by atoms with van der Waals surface area (Å²) in [6.07, 6.45) is 1.52. The van der Waals surface area contributed by atoms with Gasteiger partial charge in [0.15, 0.2) is 0 Å². The Kier molecular flexibility index (Phi) is 4.17. The summed E-state index contributed by atoms with van der Waals surface area (Å²) in [7, 11) is 0. The van der Waals surface area contributed by atoms with Crippen LogP contribution in [0.3, 0.4) is 0 Å². The molecule has 4 heteroatoms. The Bertz CT molecular complexity index is 216. The largest absolute Gasteiger partial charge is 0.344 e. The first-order valence-electron chi connectivity index (χ1n) is 4.08. The molecule has 0 bridgehead atoms. The number of hydrogen-bond donors (Lipinski definition) is 2. The monoisotopic (exact) mass is 184 g/mol. The summed E-state index contributed by atoms with van der Waals surface area (Å²) in [5.41, 5.74) is -0.386. The first kappa shape index (κ1) is 11.7. The Morgan fingerprint density at radius 3 is 2.23 bits per heavy atom. The molecule has 0 heterocycles. The van der Waals surface area contributed by atoms with Crippen molar-refractivity contribution in [1.82, 2.24) is 10.6 Å². The number of carbonyl (C=O) groups is 2. The molecule has 0 spiro atoms. The van der Waals surface area contributed by atoms with E-state index < -0.39 is 11.8 Å². The molecule has 0 aliphatic heterocycles. The van der Waals surface area contributed by atoms with Gasteiger partial charge in [-0.3, -0.25) is 9.59 Å². The van der Waals surface area contributed by atoms with Crippen LogP contribution in [-0.2, 0) is 9.59 Å². The fraction of sp³-hybridized carbons (Fsp3) is 0.556. The molecule has 0 aromatic heterocycles. The van der Waals surface area contributed by atoms with Gasteiger partial charge in [-0.15, -0.1) is 6.58 Å². The minimum absolute atomic E-state index is 0.302. The van der Waals surface area contributed by atoms with E-state index in [4.69, 9.17) is 0 Å². The molecular formula is C9H16N2O2. The van der Waals surface area contributed by atoms with Crippen LogP contribution in [0.2, 0.25) is 0 Å². The molecular weight excluding hydrogens is 168 g/mol. The maximum Gasteiger partial charge on any atom is 0.309 e. The van der Waals surface area contributed by atoms with Crippen molar-refractivity contribution in [2.75, 3.05) is 6.54 Å². The van der Waals surface area contributed by atoms with E-state index in [1.165, 1.54) is 6.08 Å². The first-order valence-corrected chi connectivity index (χ1v) is 4.08. The topological polar surface area (TPSA) is 58.2 Å². The molecule has 0 fully saturated rings. The molecule has 0 aliphatic carbocycles. The van der Waals surface area contributed by atoms with E-state index in [0.717, 1.165) is 0 Å². The highest BCUT2D eigenvalue weighted by Crippen LogP contribution is 1.97. The highest BCUT2D eigenvalue weighted by molar-refractivity contribution is 6.35. The molecule has 13 heavy (non-hydrogen) atoms. The van der Waals surface area contributed by atoms with Gasteiger partial charge < -0.3 is 10.6 Å². The average Bonchev–Trinajstić information content (AvgIpc) is 1.96. The number of hydrogen-bond acceptors (Lipinski definition) is 2. The third-order valence-electron chi connectivity index (χ3n) is 1.10. The summed E-state index contributed by atoms with van der Waals surface area (Å²) in [5.74, 6) is -1.25. The summed E-state index contributed by atoms with van der Waals surface area (Å²) in [6.45, 7) is 9.16. The van der Waals surface area contributed by atoms with Crippen molar-refractivity contribution in [3.63, 3.8) is 0 Å². The van der Waals surface area contributed by atoms with E-state index in [9.17, 15) is 9.59 Å². The zero-order chi connectivity index (χ0) is 10.5. The molecule has 2 N–H and O–H groups in total. The SMILES string of the molecule is C=CCNC(=O)C(=O)NC(C)(C)C. The summed E-state index contributed by atoms with van der Waals surface area (Å²) in [4.78, 5) is 22.1. The van der Waals surface area contributed by atoms with Crippen molar-refractivity contribution in [1.29, 1.82) is 0 Å². The number of amides is 2. The lowest BCUT2D eigenvalue weighted by molar-refractivity contribution is -0.139. The molecule has 0 aliphatic rings. The van der Waals surface area contributed by atoms with Crippen LogP contribution in [0.5, 0.6) is 0 Å². The number of carbonyl (C=O) groups excluding carboxylic acids is 2. The Hall–Kier alpha value is -1.32. The van der Waals surface area contributed by atoms with Gasteiger partial charge in [-0.25, -0.2) is 0 Å². The molecule has 0 radical (unpaired) electrons. The normalized spacial score (nSPS) is 10.4. The van der Waals surface area contributed by atoms with Crippen molar-refractivity contribution in [2.24, 2.45) is 0 Å². The minimum Gasteiger partial charge on any atom is -0.344 e.